The number of carbonyl (C=O) groups is 2. The molecule has 3 aromatic rings. The minimum atomic E-state index is -0.385. The predicted molar refractivity (Wildman–Crippen MR) is 96.9 cm³/mol. The van der Waals surface area contributed by atoms with Crippen molar-refractivity contribution < 1.29 is 18.7 Å². The number of carbonyl (C=O) groups excluding carboxylic acids is 2. The smallest absolute Gasteiger partial charge is 0.279 e. The zero-order valence-electron chi connectivity index (χ0n) is 13.6. The van der Waals surface area contributed by atoms with Crippen LogP contribution in [0.3, 0.4) is 0 Å². The Bertz CT molecular complexity index is 878. The van der Waals surface area contributed by atoms with Crippen LogP contribution in [-0.2, 0) is 4.79 Å². The molecule has 134 valence electrons. The zero-order valence-corrected chi connectivity index (χ0v) is 15.2. The minimum Gasteiger partial charge on any atom is -0.497 e. The summed E-state index contributed by atoms with van der Waals surface area (Å²) >= 11 is 2.36. The van der Waals surface area contributed by atoms with Crippen LogP contribution in [0, 0.1) is 0 Å². The van der Waals surface area contributed by atoms with Gasteiger partial charge in [0.05, 0.1) is 17.7 Å². The molecule has 0 aliphatic rings. The maximum atomic E-state index is 11.8. The normalized spacial score (nSPS) is 10.3. The molecule has 8 nitrogen and oxygen atoms in total. The topological polar surface area (TPSA) is 106 Å². The number of rotatable bonds is 6. The standard InChI is InChI=1S/C16H14N4O4S2/c1-23-11-6-4-10(5-7-11)15-19-20-16(24-15)26-9-13(21)17-18-14(22)12-3-2-8-25-12/h2-8H,9H2,1H3,(H,17,21)(H,18,22). The lowest BCUT2D eigenvalue weighted by atomic mass is 10.2. The van der Waals surface area contributed by atoms with Gasteiger partial charge in [0.1, 0.15) is 5.75 Å². The van der Waals surface area contributed by atoms with Crippen LogP contribution in [-0.4, -0.2) is 34.9 Å². The van der Waals surface area contributed by atoms with E-state index >= 15 is 0 Å². The Kier molecular flexibility index (Phi) is 5.87. The van der Waals surface area contributed by atoms with E-state index in [-0.39, 0.29) is 22.8 Å². The van der Waals surface area contributed by atoms with Crippen molar-refractivity contribution in [3.8, 4) is 17.2 Å². The van der Waals surface area contributed by atoms with E-state index in [1.165, 1.54) is 11.3 Å². The van der Waals surface area contributed by atoms with Crippen molar-refractivity contribution in [2.45, 2.75) is 5.22 Å². The fourth-order valence-electron chi connectivity index (χ4n) is 1.88. The monoisotopic (exact) mass is 390 g/mol. The molecule has 0 atom stereocenters. The average molecular weight is 390 g/mol. The van der Waals surface area contributed by atoms with Gasteiger partial charge in [-0.15, -0.1) is 21.5 Å². The molecule has 2 N–H and O–H groups in total. The third-order valence-electron chi connectivity index (χ3n) is 3.13. The van der Waals surface area contributed by atoms with E-state index in [1.54, 1.807) is 48.9 Å². The highest BCUT2D eigenvalue weighted by Crippen LogP contribution is 2.24. The number of hydrogen-bond acceptors (Lipinski definition) is 8. The van der Waals surface area contributed by atoms with Crippen LogP contribution >= 0.6 is 23.1 Å². The van der Waals surface area contributed by atoms with Gasteiger partial charge >= 0.3 is 0 Å². The van der Waals surface area contributed by atoms with Gasteiger partial charge in [0.15, 0.2) is 0 Å². The van der Waals surface area contributed by atoms with Gasteiger partial charge in [0, 0.05) is 5.56 Å². The highest BCUT2D eigenvalue weighted by atomic mass is 32.2. The highest BCUT2D eigenvalue weighted by molar-refractivity contribution is 7.99. The maximum Gasteiger partial charge on any atom is 0.279 e. The Balaban J connectivity index is 1.48. The number of methoxy groups -OCH3 is 1. The van der Waals surface area contributed by atoms with E-state index < -0.39 is 0 Å². The largest absolute Gasteiger partial charge is 0.497 e. The molecule has 2 aromatic heterocycles. The van der Waals surface area contributed by atoms with Crippen LogP contribution in [0.15, 0.2) is 51.4 Å². The molecule has 0 spiro atoms. The molecule has 1 aromatic carbocycles. The molecule has 0 unspecified atom stereocenters. The molecule has 0 bridgehead atoms. The predicted octanol–water partition coefficient (Wildman–Crippen LogP) is 2.36. The summed E-state index contributed by atoms with van der Waals surface area (Å²) in [7, 11) is 1.59. The molecule has 0 radical (unpaired) electrons. The fraction of sp³-hybridized carbons (Fsp3) is 0.125. The highest BCUT2D eigenvalue weighted by Gasteiger charge is 2.12. The van der Waals surface area contributed by atoms with Gasteiger partial charge in [-0.3, -0.25) is 20.4 Å². The quantitative estimate of drug-likeness (QED) is 0.491. The van der Waals surface area contributed by atoms with Crippen molar-refractivity contribution in [1.29, 1.82) is 0 Å². The first-order chi connectivity index (χ1) is 12.7. The molecule has 0 aliphatic carbocycles. The molecule has 2 amide bonds. The Morgan fingerprint density at radius 3 is 2.69 bits per heavy atom. The number of aromatic nitrogens is 2. The van der Waals surface area contributed by atoms with Crippen molar-refractivity contribution in [2.24, 2.45) is 0 Å². The van der Waals surface area contributed by atoms with Crippen LogP contribution in [0.25, 0.3) is 11.5 Å². The molecular formula is C16H14N4O4S2. The Morgan fingerprint density at radius 1 is 1.19 bits per heavy atom. The molecule has 0 aliphatic heterocycles. The first-order valence-corrected chi connectivity index (χ1v) is 9.25. The van der Waals surface area contributed by atoms with Gasteiger partial charge in [0.25, 0.3) is 11.1 Å². The lowest BCUT2D eigenvalue weighted by molar-refractivity contribution is -0.119. The number of hydrogen-bond donors (Lipinski definition) is 2. The SMILES string of the molecule is COc1ccc(-c2nnc(SCC(=O)NNC(=O)c3cccs3)o2)cc1. The summed E-state index contributed by atoms with van der Waals surface area (Å²) in [6.45, 7) is 0. The van der Waals surface area contributed by atoms with Gasteiger partial charge in [-0.2, -0.15) is 0 Å². The second-order valence-electron chi connectivity index (χ2n) is 4.87. The van der Waals surface area contributed by atoms with Gasteiger partial charge in [-0.05, 0) is 35.7 Å². The van der Waals surface area contributed by atoms with E-state index in [2.05, 4.69) is 21.0 Å². The van der Waals surface area contributed by atoms with E-state index in [0.717, 1.165) is 23.1 Å². The maximum absolute atomic E-state index is 11.8. The molecular weight excluding hydrogens is 376 g/mol. The first kappa shape index (κ1) is 18.0. The molecule has 0 fully saturated rings. The number of nitrogens with one attached hydrogen (secondary N) is 2. The van der Waals surface area contributed by atoms with E-state index in [9.17, 15) is 9.59 Å². The number of amides is 2. The summed E-state index contributed by atoms with van der Waals surface area (Å²) in [5.41, 5.74) is 5.43. The van der Waals surface area contributed by atoms with Crippen molar-refractivity contribution in [3.05, 3.63) is 46.7 Å². The van der Waals surface area contributed by atoms with Crippen LogP contribution in [0.2, 0.25) is 0 Å². The summed E-state index contributed by atoms with van der Waals surface area (Å²) in [6, 6.07) is 10.6. The number of benzene rings is 1. The van der Waals surface area contributed by atoms with E-state index in [1.807, 2.05) is 0 Å². The lowest BCUT2D eigenvalue weighted by Crippen LogP contribution is -2.42. The third kappa shape index (κ3) is 4.61. The van der Waals surface area contributed by atoms with E-state index in [4.69, 9.17) is 9.15 Å². The third-order valence-corrected chi connectivity index (χ3v) is 4.82. The summed E-state index contributed by atoms with van der Waals surface area (Å²) in [6.07, 6.45) is 0. The van der Waals surface area contributed by atoms with Crippen LogP contribution in [0.1, 0.15) is 9.67 Å². The molecule has 26 heavy (non-hydrogen) atoms. The summed E-state index contributed by atoms with van der Waals surface area (Å²) in [4.78, 5) is 24.0. The van der Waals surface area contributed by atoms with Gasteiger partial charge in [-0.25, -0.2) is 0 Å². The van der Waals surface area contributed by atoms with Gasteiger partial charge in [-0.1, -0.05) is 17.8 Å². The van der Waals surface area contributed by atoms with Crippen LogP contribution < -0.4 is 15.6 Å². The minimum absolute atomic E-state index is 0.0228. The second-order valence-corrected chi connectivity index (χ2v) is 6.74. The van der Waals surface area contributed by atoms with Crippen molar-refractivity contribution >= 4 is 34.9 Å². The number of ether oxygens (including phenoxy) is 1. The number of nitrogens with zero attached hydrogens (tertiary/aromatic N) is 2. The average Bonchev–Trinajstić information content (AvgIpc) is 3.36. The van der Waals surface area contributed by atoms with Crippen LogP contribution in [0.4, 0.5) is 0 Å². The van der Waals surface area contributed by atoms with Crippen LogP contribution in [0.5, 0.6) is 5.75 Å². The zero-order chi connectivity index (χ0) is 18.4. The number of thioether (sulfide) groups is 1. The number of hydrazine groups is 1. The fourth-order valence-corrected chi connectivity index (χ4v) is 3.06. The summed E-state index contributed by atoms with van der Waals surface area (Å²) in [5, 5.41) is 9.88. The summed E-state index contributed by atoms with van der Waals surface area (Å²) in [5.74, 6) is 0.349. The molecule has 10 heteroatoms. The Labute approximate surface area is 156 Å². The van der Waals surface area contributed by atoms with Gasteiger partial charge in [0.2, 0.25) is 11.8 Å². The molecule has 0 saturated heterocycles. The molecule has 0 saturated carbocycles. The Hall–Kier alpha value is -2.85. The van der Waals surface area contributed by atoms with Crippen molar-refractivity contribution in [2.75, 3.05) is 12.9 Å². The summed E-state index contributed by atoms with van der Waals surface area (Å²) < 4.78 is 10.6. The first-order valence-electron chi connectivity index (χ1n) is 7.39. The van der Waals surface area contributed by atoms with Gasteiger partial charge < -0.3 is 9.15 Å². The van der Waals surface area contributed by atoms with Crippen molar-refractivity contribution in [3.63, 3.8) is 0 Å². The lowest BCUT2D eigenvalue weighted by Gasteiger charge is -2.04. The Morgan fingerprint density at radius 2 is 2.00 bits per heavy atom. The van der Waals surface area contributed by atoms with Crippen molar-refractivity contribution in [1.82, 2.24) is 21.0 Å². The second kappa shape index (κ2) is 8.50. The molecule has 3 rings (SSSR count). The number of thiophene rings is 1. The van der Waals surface area contributed by atoms with E-state index in [0.29, 0.717) is 10.8 Å². The molecule has 2 heterocycles.